The molecule has 0 atom stereocenters. The van der Waals surface area contributed by atoms with E-state index in [1.165, 1.54) is 17.8 Å². The van der Waals surface area contributed by atoms with E-state index >= 15 is 0 Å². The van der Waals surface area contributed by atoms with E-state index in [-0.39, 0.29) is 10.0 Å². The second kappa shape index (κ2) is 7.44. The maximum absolute atomic E-state index is 12.3. The first-order valence-corrected chi connectivity index (χ1v) is 9.50. The van der Waals surface area contributed by atoms with Gasteiger partial charge in [0.15, 0.2) is 0 Å². The normalized spacial score (nSPS) is 11.4. The summed E-state index contributed by atoms with van der Waals surface area (Å²) >= 11 is 8.95. The Morgan fingerprint density at radius 3 is 2.55 bits per heavy atom. The number of aryl methyl sites for hydroxylation is 1. The Labute approximate surface area is 144 Å². The van der Waals surface area contributed by atoms with Gasteiger partial charge in [-0.3, -0.25) is 4.72 Å². The fourth-order valence-electron chi connectivity index (χ4n) is 1.89. The third-order valence-electron chi connectivity index (χ3n) is 3.11. The summed E-state index contributed by atoms with van der Waals surface area (Å²) in [6, 6.07) is 8.82. The van der Waals surface area contributed by atoms with Gasteiger partial charge in [-0.2, -0.15) is 0 Å². The number of benzene rings is 1. The third-order valence-corrected chi connectivity index (χ3v) is 5.59. The quantitative estimate of drug-likeness (QED) is 0.715. The van der Waals surface area contributed by atoms with E-state index in [4.69, 9.17) is 11.6 Å². The summed E-state index contributed by atoms with van der Waals surface area (Å²) in [5.74, 6) is 0. The molecule has 1 aromatic heterocycles. The highest BCUT2D eigenvalue weighted by Gasteiger charge is 2.16. The van der Waals surface area contributed by atoms with Crippen LogP contribution in [0.1, 0.15) is 25.3 Å². The summed E-state index contributed by atoms with van der Waals surface area (Å²) in [6.07, 6.45) is 4.48. The van der Waals surface area contributed by atoms with E-state index < -0.39 is 10.0 Å². The molecule has 0 fully saturated rings. The van der Waals surface area contributed by atoms with Crippen molar-refractivity contribution in [2.45, 2.75) is 31.1 Å². The number of halogens is 2. The molecule has 0 saturated heterocycles. The zero-order valence-corrected chi connectivity index (χ0v) is 15.2. The predicted molar refractivity (Wildman–Crippen MR) is 92.8 cm³/mol. The smallest absolute Gasteiger partial charge is 0.263 e. The molecule has 2 rings (SSSR count). The molecule has 0 saturated carbocycles. The van der Waals surface area contributed by atoms with Gasteiger partial charge in [-0.1, -0.05) is 37.1 Å². The monoisotopic (exact) mass is 402 g/mol. The van der Waals surface area contributed by atoms with Crippen LogP contribution in [0.3, 0.4) is 0 Å². The molecule has 7 heteroatoms. The maximum atomic E-state index is 12.3. The molecule has 0 aliphatic rings. The number of anilines is 1. The van der Waals surface area contributed by atoms with Crippen molar-refractivity contribution >= 4 is 43.2 Å². The number of nitrogens with one attached hydrogen (secondary N) is 1. The van der Waals surface area contributed by atoms with Crippen molar-refractivity contribution in [2.75, 3.05) is 4.72 Å². The number of rotatable bonds is 6. The fraction of sp³-hybridized carbons (Fsp3) is 0.267. The van der Waals surface area contributed by atoms with Crippen LogP contribution >= 0.6 is 27.5 Å². The zero-order chi connectivity index (χ0) is 16.2. The number of unbranched alkanes of at least 4 members (excludes halogenated alkanes) is 1. The van der Waals surface area contributed by atoms with Crippen molar-refractivity contribution in [3.63, 3.8) is 0 Å². The van der Waals surface area contributed by atoms with Crippen LogP contribution in [0, 0.1) is 0 Å². The minimum Gasteiger partial charge on any atom is -0.280 e. The highest BCUT2D eigenvalue weighted by atomic mass is 79.9. The molecule has 0 aliphatic carbocycles. The van der Waals surface area contributed by atoms with Gasteiger partial charge in [0.05, 0.1) is 4.47 Å². The molecule has 1 heterocycles. The van der Waals surface area contributed by atoms with Gasteiger partial charge in [0.25, 0.3) is 10.0 Å². The van der Waals surface area contributed by atoms with Crippen molar-refractivity contribution in [2.24, 2.45) is 0 Å². The van der Waals surface area contributed by atoms with Crippen LogP contribution < -0.4 is 4.72 Å². The minimum atomic E-state index is -3.68. The first kappa shape index (κ1) is 17.2. The van der Waals surface area contributed by atoms with E-state index in [2.05, 4.69) is 32.6 Å². The number of hydrogen-bond acceptors (Lipinski definition) is 3. The molecular weight excluding hydrogens is 388 g/mol. The molecule has 22 heavy (non-hydrogen) atoms. The van der Waals surface area contributed by atoms with Crippen LogP contribution in [0.15, 0.2) is 45.9 Å². The van der Waals surface area contributed by atoms with Gasteiger partial charge in [0, 0.05) is 11.9 Å². The number of sulfonamides is 1. The second-order valence-electron chi connectivity index (χ2n) is 4.85. The number of nitrogens with zero attached hydrogens (tertiary/aromatic N) is 1. The minimum absolute atomic E-state index is 0.0545. The summed E-state index contributed by atoms with van der Waals surface area (Å²) in [7, 11) is -3.68. The third kappa shape index (κ3) is 4.44. The number of pyridine rings is 1. The van der Waals surface area contributed by atoms with Crippen LogP contribution in [0.5, 0.6) is 0 Å². The standard InChI is InChI=1S/C15H16BrClN2O2S/c1-2-3-4-11-5-7-12(8-6-11)19-22(20,21)13-9-14(16)15(17)18-10-13/h5-10,19H,2-4H2,1H3. The summed E-state index contributed by atoms with van der Waals surface area (Å²) in [5, 5.41) is 0.222. The molecular formula is C15H16BrClN2O2S. The lowest BCUT2D eigenvalue weighted by molar-refractivity contribution is 0.600. The largest absolute Gasteiger partial charge is 0.280 e. The van der Waals surface area contributed by atoms with Crippen molar-refractivity contribution < 1.29 is 8.42 Å². The summed E-state index contributed by atoms with van der Waals surface area (Å²) in [4.78, 5) is 3.89. The van der Waals surface area contributed by atoms with E-state index in [0.29, 0.717) is 10.2 Å². The van der Waals surface area contributed by atoms with E-state index in [1.807, 2.05) is 12.1 Å². The van der Waals surface area contributed by atoms with Gasteiger partial charge in [-0.25, -0.2) is 13.4 Å². The first-order chi connectivity index (χ1) is 10.4. The lowest BCUT2D eigenvalue weighted by Crippen LogP contribution is -2.13. The molecule has 0 aliphatic heterocycles. The molecule has 0 radical (unpaired) electrons. The molecule has 118 valence electrons. The average molecular weight is 404 g/mol. The van der Waals surface area contributed by atoms with Gasteiger partial charge in [-0.05, 0) is 52.5 Å². The Bertz CT molecular complexity index is 749. The SMILES string of the molecule is CCCCc1ccc(NS(=O)(=O)c2cnc(Cl)c(Br)c2)cc1. The van der Waals surface area contributed by atoms with Gasteiger partial charge >= 0.3 is 0 Å². The van der Waals surface area contributed by atoms with Crippen LogP contribution in [0.2, 0.25) is 5.15 Å². The molecule has 0 amide bonds. The van der Waals surface area contributed by atoms with Gasteiger partial charge in [0.1, 0.15) is 10.0 Å². The Kier molecular flexibility index (Phi) is 5.83. The molecule has 1 N–H and O–H groups in total. The molecule has 2 aromatic rings. The topological polar surface area (TPSA) is 59.1 Å². The number of hydrogen-bond donors (Lipinski definition) is 1. The first-order valence-electron chi connectivity index (χ1n) is 6.85. The van der Waals surface area contributed by atoms with Crippen molar-refractivity contribution in [3.8, 4) is 0 Å². The summed E-state index contributed by atoms with van der Waals surface area (Å²) in [5.41, 5.74) is 1.71. The van der Waals surface area contributed by atoms with Crippen LogP contribution in [0.4, 0.5) is 5.69 Å². The van der Waals surface area contributed by atoms with Crippen LogP contribution in [-0.4, -0.2) is 13.4 Å². The highest BCUT2D eigenvalue weighted by molar-refractivity contribution is 9.10. The van der Waals surface area contributed by atoms with E-state index in [9.17, 15) is 8.42 Å². The Hall–Kier alpha value is -1.11. The predicted octanol–water partition coefficient (Wildman–Crippen LogP) is 4.64. The molecule has 0 bridgehead atoms. The summed E-state index contributed by atoms with van der Waals surface area (Å²) in [6.45, 7) is 2.14. The Morgan fingerprint density at radius 2 is 1.95 bits per heavy atom. The highest BCUT2D eigenvalue weighted by Crippen LogP contribution is 2.24. The van der Waals surface area contributed by atoms with E-state index in [0.717, 1.165) is 19.3 Å². The van der Waals surface area contributed by atoms with Crippen LogP contribution in [0.25, 0.3) is 0 Å². The van der Waals surface area contributed by atoms with Crippen LogP contribution in [-0.2, 0) is 16.4 Å². The number of aromatic nitrogens is 1. The molecule has 0 spiro atoms. The maximum Gasteiger partial charge on any atom is 0.263 e. The van der Waals surface area contributed by atoms with Gasteiger partial charge in [-0.15, -0.1) is 0 Å². The van der Waals surface area contributed by atoms with Gasteiger partial charge in [0.2, 0.25) is 0 Å². The molecule has 1 aromatic carbocycles. The molecule has 4 nitrogen and oxygen atoms in total. The second-order valence-corrected chi connectivity index (χ2v) is 7.74. The van der Waals surface area contributed by atoms with E-state index in [1.54, 1.807) is 12.1 Å². The average Bonchev–Trinajstić information content (AvgIpc) is 2.49. The Balaban J connectivity index is 2.16. The van der Waals surface area contributed by atoms with Crippen molar-refractivity contribution in [3.05, 3.63) is 51.7 Å². The summed E-state index contributed by atoms with van der Waals surface area (Å²) < 4.78 is 27.6. The van der Waals surface area contributed by atoms with Gasteiger partial charge < -0.3 is 0 Å². The Morgan fingerprint density at radius 1 is 1.27 bits per heavy atom. The molecule has 0 unspecified atom stereocenters. The lowest BCUT2D eigenvalue weighted by Gasteiger charge is -2.09. The zero-order valence-electron chi connectivity index (χ0n) is 12.0. The van der Waals surface area contributed by atoms with Crippen molar-refractivity contribution in [1.82, 2.24) is 4.98 Å². The van der Waals surface area contributed by atoms with Crippen molar-refractivity contribution in [1.29, 1.82) is 0 Å². The lowest BCUT2D eigenvalue weighted by atomic mass is 10.1. The fourth-order valence-corrected chi connectivity index (χ4v) is 3.52.